The molecule has 4 nitrogen and oxygen atoms in total. The molecule has 0 fully saturated rings. The van der Waals surface area contributed by atoms with Crippen molar-refractivity contribution in [3.8, 4) is 5.75 Å². The third-order valence-electron chi connectivity index (χ3n) is 1.83. The molecule has 0 saturated heterocycles. The molecule has 0 aliphatic rings. The molecule has 15 heavy (non-hydrogen) atoms. The molecule has 1 unspecified atom stereocenters. The first kappa shape index (κ1) is 11.2. The maximum absolute atomic E-state index is 11.2. The van der Waals surface area contributed by atoms with Crippen LogP contribution in [0.25, 0.3) is 0 Å². The highest BCUT2D eigenvalue weighted by Crippen LogP contribution is 2.22. The number of hydrogen-bond donors (Lipinski definition) is 1. The minimum atomic E-state index is -0.936. The fourth-order valence-electron chi connectivity index (χ4n) is 1.24. The fraction of sp³-hybridized carbons (Fsp3) is 0.273. The van der Waals surface area contributed by atoms with Gasteiger partial charge in [0.1, 0.15) is 5.75 Å². The lowest BCUT2D eigenvalue weighted by Crippen LogP contribution is -2.15. The summed E-state index contributed by atoms with van der Waals surface area (Å²) in [6.07, 6.45) is -0.936. The summed E-state index contributed by atoms with van der Waals surface area (Å²) >= 11 is 0. The van der Waals surface area contributed by atoms with Gasteiger partial charge in [-0.1, -0.05) is 12.1 Å². The van der Waals surface area contributed by atoms with Gasteiger partial charge >= 0.3 is 5.97 Å². The minimum absolute atomic E-state index is 0.0332. The van der Waals surface area contributed by atoms with E-state index in [0.29, 0.717) is 5.56 Å². The topological polar surface area (TPSA) is 63.6 Å². The van der Waals surface area contributed by atoms with Crippen LogP contribution in [0, 0.1) is 0 Å². The van der Waals surface area contributed by atoms with Crippen molar-refractivity contribution in [2.45, 2.75) is 20.0 Å². The fourth-order valence-corrected chi connectivity index (χ4v) is 1.24. The number of benzene rings is 1. The molecule has 0 amide bonds. The summed E-state index contributed by atoms with van der Waals surface area (Å²) in [5.41, 5.74) is 0.470. The highest BCUT2D eigenvalue weighted by Gasteiger charge is 2.19. The van der Waals surface area contributed by atoms with E-state index in [0.717, 1.165) is 0 Å². The quantitative estimate of drug-likeness (QED) is 0.766. The van der Waals surface area contributed by atoms with E-state index in [1.165, 1.54) is 26.0 Å². The van der Waals surface area contributed by atoms with Crippen LogP contribution < -0.4 is 0 Å². The monoisotopic (exact) mass is 208 g/mol. The lowest BCUT2D eigenvalue weighted by Gasteiger charge is -2.14. The third-order valence-corrected chi connectivity index (χ3v) is 1.83. The second kappa shape index (κ2) is 4.59. The summed E-state index contributed by atoms with van der Waals surface area (Å²) in [5.74, 6) is -0.778. The van der Waals surface area contributed by atoms with Gasteiger partial charge in [0.2, 0.25) is 0 Å². The summed E-state index contributed by atoms with van der Waals surface area (Å²) in [6, 6.07) is 6.09. The van der Waals surface area contributed by atoms with Crippen molar-refractivity contribution in [2.75, 3.05) is 0 Å². The summed E-state index contributed by atoms with van der Waals surface area (Å²) < 4.78 is 4.85. The van der Waals surface area contributed by atoms with Gasteiger partial charge in [-0.15, -0.1) is 0 Å². The number of carbonyl (C=O) groups excluding carboxylic acids is 2. The van der Waals surface area contributed by atoms with E-state index >= 15 is 0 Å². The van der Waals surface area contributed by atoms with Crippen LogP contribution in [0.1, 0.15) is 25.5 Å². The average molecular weight is 208 g/mol. The van der Waals surface area contributed by atoms with Crippen molar-refractivity contribution in [3.05, 3.63) is 29.8 Å². The molecule has 0 aromatic heterocycles. The first-order valence-corrected chi connectivity index (χ1v) is 4.47. The van der Waals surface area contributed by atoms with Gasteiger partial charge in [-0.3, -0.25) is 9.59 Å². The van der Waals surface area contributed by atoms with Crippen LogP contribution in [0.5, 0.6) is 5.75 Å². The van der Waals surface area contributed by atoms with Gasteiger partial charge in [0, 0.05) is 12.5 Å². The van der Waals surface area contributed by atoms with Crippen LogP contribution >= 0.6 is 0 Å². The van der Waals surface area contributed by atoms with Crippen molar-refractivity contribution in [2.24, 2.45) is 0 Å². The van der Waals surface area contributed by atoms with Gasteiger partial charge in [0.25, 0.3) is 0 Å². The van der Waals surface area contributed by atoms with Crippen LogP contribution in [-0.4, -0.2) is 16.9 Å². The molecule has 0 aliphatic heterocycles. The Morgan fingerprint density at radius 3 is 2.47 bits per heavy atom. The van der Waals surface area contributed by atoms with Crippen LogP contribution in [0.4, 0.5) is 0 Å². The van der Waals surface area contributed by atoms with Gasteiger partial charge in [0.15, 0.2) is 11.9 Å². The molecular formula is C11H12O4. The van der Waals surface area contributed by atoms with E-state index in [4.69, 9.17) is 4.74 Å². The molecule has 0 aliphatic carbocycles. The molecular weight excluding hydrogens is 196 g/mol. The SMILES string of the molecule is CC(=O)OC(C(C)=O)c1cccc(O)c1. The van der Waals surface area contributed by atoms with Crippen LogP contribution in [0.3, 0.4) is 0 Å². The van der Waals surface area contributed by atoms with Crippen LogP contribution in [0.15, 0.2) is 24.3 Å². The first-order valence-electron chi connectivity index (χ1n) is 4.47. The number of phenolic OH excluding ortho intramolecular Hbond substituents is 1. The van der Waals surface area contributed by atoms with E-state index < -0.39 is 12.1 Å². The molecule has 0 saturated carbocycles. The number of carbonyl (C=O) groups is 2. The summed E-state index contributed by atoms with van der Waals surface area (Å²) in [5, 5.41) is 9.23. The lowest BCUT2D eigenvalue weighted by molar-refractivity contribution is -0.152. The summed E-state index contributed by atoms with van der Waals surface area (Å²) in [6.45, 7) is 2.57. The van der Waals surface area contributed by atoms with Gasteiger partial charge in [-0.25, -0.2) is 0 Å². The molecule has 1 atom stereocenters. The lowest BCUT2D eigenvalue weighted by atomic mass is 10.1. The molecule has 80 valence electrons. The Labute approximate surface area is 87.5 Å². The van der Waals surface area contributed by atoms with E-state index in [1.54, 1.807) is 12.1 Å². The predicted octanol–water partition coefficient (Wildman–Crippen LogP) is 1.59. The van der Waals surface area contributed by atoms with Gasteiger partial charge in [-0.2, -0.15) is 0 Å². The van der Waals surface area contributed by atoms with Gasteiger partial charge in [0.05, 0.1) is 0 Å². The van der Waals surface area contributed by atoms with Crippen molar-refractivity contribution in [3.63, 3.8) is 0 Å². The van der Waals surface area contributed by atoms with Crippen molar-refractivity contribution < 1.29 is 19.4 Å². The smallest absolute Gasteiger partial charge is 0.303 e. The van der Waals surface area contributed by atoms with E-state index in [-0.39, 0.29) is 11.5 Å². The van der Waals surface area contributed by atoms with Crippen molar-refractivity contribution in [1.29, 1.82) is 0 Å². The second-order valence-electron chi connectivity index (χ2n) is 3.20. The number of ketones is 1. The predicted molar refractivity (Wildman–Crippen MR) is 53.3 cm³/mol. The number of hydrogen-bond acceptors (Lipinski definition) is 4. The number of esters is 1. The Hall–Kier alpha value is -1.84. The largest absolute Gasteiger partial charge is 0.508 e. The maximum Gasteiger partial charge on any atom is 0.303 e. The molecule has 1 aromatic carbocycles. The number of ether oxygens (including phenoxy) is 1. The Morgan fingerprint density at radius 2 is 2.00 bits per heavy atom. The molecule has 1 rings (SSSR count). The molecule has 1 N–H and O–H groups in total. The average Bonchev–Trinajstić information content (AvgIpc) is 2.13. The Kier molecular flexibility index (Phi) is 3.44. The molecule has 1 aromatic rings. The maximum atomic E-state index is 11.2. The van der Waals surface area contributed by atoms with Crippen molar-refractivity contribution in [1.82, 2.24) is 0 Å². The number of Topliss-reactive ketones (excluding diaryl/α,β-unsaturated/α-hetero) is 1. The summed E-state index contributed by atoms with van der Waals surface area (Å²) in [7, 11) is 0. The van der Waals surface area contributed by atoms with E-state index in [1.807, 2.05) is 0 Å². The van der Waals surface area contributed by atoms with Gasteiger partial charge < -0.3 is 9.84 Å². The normalized spacial score (nSPS) is 11.9. The minimum Gasteiger partial charge on any atom is -0.508 e. The standard InChI is InChI=1S/C11H12O4/c1-7(12)11(15-8(2)13)9-4-3-5-10(14)6-9/h3-6,11,14H,1-2H3. The zero-order valence-electron chi connectivity index (χ0n) is 8.56. The molecule has 0 radical (unpaired) electrons. The number of rotatable bonds is 3. The number of aromatic hydroxyl groups is 1. The first-order chi connectivity index (χ1) is 7.00. The summed E-state index contributed by atoms with van der Waals surface area (Å²) in [4.78, 5) is 22.0. The van der Waals surface area contributed by atoms with E-state index in [2.05, 4.69) is 0 Å². The number of phenols is 1. The Bertz CT molecular complexity index is 384. The van der Waals surface area contributed by atoms with Crippen molar-refractivity contribution >= 4 is 11.8 Å². The second-order valence-corrected chi connectivity index (χ2v) is 3.20. The molecule has 0 heterocycles. The van der Waals surface area contributed by atoms with Crippen LogP contribution in [-0.2, 0) is 14.3 Å². The Balaban J connectivity index is 2.98. The zero-order valence-corrected chi connectivity index (χ0v) is 8.56. The molecule has 4 heteroatoms. The molecule has 0 spiro atoms. The van der Waals surface area contributed by atoms with Gasteiger partial charge in [-0.05, 0) is 19.1 Å². The van der Waals surface area contributed by atoms with Crippen LogP contribution in [0.2, 0.25) is 0 Å². The highest BCUT2D eigenvalue weighted by molar-refractivity contribution is 5.84. The highest BCUT2D eigenvalue weighted by atomic mass is 16.5. The van der Waals surface area contributed by atoms with E-state index in [9.17, 15) is 14.7 Å². The molecule has 0 bridgehead atoms. The third kappa shape index (κ3) is 3.09. The zero-order chi connectivity index (χ0) is 11.4. The Morgan fingerprint density at radius 1 is 1.33 bits per heavy atom.